The molecular weight excluding hydrogens is 378 g/mol. The van der Waals surface area contributed by atoms with Gasteiger partial charge in [0.25, 0.3) is 5.91 Å². The first kappa shape index (κ1) is 19.9. The molecule has 0 radical (unpaired) electrons. The van der Waals surface area contributed by atoms with Crippen molar-refractivity contribution in [1.82, 2.24) is 15.1 Å². The van der Waals surface area contributed by atoms with Crippen molar-refractivity contribution in [3.05, 3.63) is 52.2 Å². The zero-order valence-corrected chi connectivity index (χ0v) is 16.9. The first-order valence-electron chi connectivity index (χ1n) is 8.95. The smallest absolute Gasteiger partial charge is 0.325 e. The van der Waals surface area contributed by atoms with Gasteiger partial charge in [-0.2, -0.15) is 11.3 Å². The summed E-state index contributed by atoms with van der Waals surface area (Å²) in [4.78, 5) is 40.8. The minimum absolute atomic E-state index is 0.288. The number of hydrogen-bond acceptors (Lipinski definition) is 5. The van der Waals surface area contributed by atoms with Gasteiger partial charge in [0.15, 0.2) is 0 Å². The highest BCUT2D eigenvalue weighted by Crippen LogP contribution is 2.33. The van der Waals surface area contributed by atoms with Crippen LogP contribution in [0.15, 0.2) is 41.1 Å². The van der Waals surface area contributed by atoms with E-state index in [-0.39, 0.29) is 12.5 Å². The number of rotatable bonds is 7. The highest BCUT2D eigenvalue weighted by atomic mass is 32.1. The molecule has 0 saturated carbocycles. The van der Waals surface area contributed by atoms with E-state index in [1.54, 1.807) is 49.8 Å². The van der Waals surface area contributed by atoms with Gasteiger partial charge in [-0.15, -0.1) is 0 Å². The maximum Gasteiger partial charge on any atom is 0.325 e. The number of likely N-dealkylation sites (N-methyl/N-ethyl adjacent to an activating group) is 1. The predicted molar refractivity (Wildman–Crippen MR) is 106 cm³/mol. The van der Waals surface area contributed by atoms with Crippen LogP contribution in [0.25, 0.3) is 0 Å². The Morgan fingerprint density at radius 2 is 1.96 bits per heavy atom. The summed E-state index contributed by atoms with van der Waals surface area (Å²) in [6.07, 6.45) is 0.374. The molecular formula is C20H23N3O4S. The Hall–Kier alpha value is -2.87. The van der Waals surface area contributed by atoms with Gasteiger partial charge in [0.05, 0.1) is 7.11 Å². The number of methoxy groups -OCH3 is 1. The molecule has 2 heterocycles. The summed E-state index contributed by atoms with van der Waals surface area (Å²) >= 11 is 1.55. The lowest BCUT2D eigenvalue weighted by Gasteiger charge is -2.26. The lowest BCUT2D eigenvalue weighted by molar-refractivity contribution is -0.138. The van der Waals surface area contributed by atoms with Crippen LogP contribution in [0.1, 0.15) is 24.5 Å². The quantitative estimate of drug-likeness (QED) is 0.724. The van der Waals surface area contributed by atoms with Crippen molar-refractivity contribution in [1.29, 1.82) is 0 Å². The van der Waals surface area contributed by atoms with Gasteiger partial charge in [-0.05, 0) is 46.5 Å². The molecule has 0 spiro atoms. The van der Waals surface area contributed by atoms with E-state index in [4.69, 9.17) is 4.74 Å². The number of hydrogen-bond donors (Lipinski definition) is 1. The summed E-state index contributed by atoms with van der Waals surface area (Å²) < 4.78 is 5.16. The van der Waals surface area contributed by atoms with Gasteiger partial charge in [0, 0.05) is 13.6 Å². The molecule has 148 valence electrons. The zero-order valence-electron chi connectivity index (χ0n) is 16.1. The standard InChI is InChI=1S/C20H23N3O4S/c1-4-20(15-5-7-16(27-3)8-6-15)18(25)23(19(26)21-20)12-17(24)22(2)11-14-9-10-28-13-14/h5-10,13H,4,11-12H2,1-3H3,(H,21,26)/t20-/m0/s1. The lowest BCUT2D eigenvalue weighted by atomic mass is 9.87. The second-order valence-electron chi connectivity index (χ2n) is 6.69. The monoisotopic (exact) mass is 401 g/mol. The van der Waals surface area contributed by atoms with Crippen molar-refractivity contribution >= 4 is 29.2 Å². The largest absolute Gasteiger partial charge is 0.497 e. The van der Waals surface area contributed by atoms with Gasteiger partial charge >= 0.3 is 6.03 Å². The molecule has 1 aromatic heterocycles. The number of thiophene rings is 1. The molecule has 3 rings (SSSR count). The summed E-state index contributed by atoms with van der Waals surface area (Å²) in [6.45, 7) is 1.98. The SMILES string of the molecule is CC[C@@]1(c2ccc(OC)cc2)NC(=O)N(CC(=O)N(C)Cc2ccsc2)C1=O. The maximum atomic E-state index is 13.1. The second-order valence-corrected chi connectivity index (χ2v) is 7.47. The third kappa shape index (κ3) is 3.60. The van der Waals surface area contributed by atoms with E-state index >= 15 is 0 Å². The number of carbonyl (C=O) groups excluding carboxylic acids is 3. The number of imide groups is 1. The van der Waals surface area contributed by atoms with Crippen LogP contribution in [-0.2, 0) is 21.7 Å². The molecule has 1 fully saturated rings. The molecule has 2 aromatic rings. The average Bonchev–Trinajstić information content (AvgIpc) is 3.30. The van der Waals surface area contributed by atoms with Crippen LogP contribution < -0.4 is 10.1 Å². The number of nitrogens with one attached hydrogen (secondary N) is 1. The van der Waals surface area contributed by atoms with E-state index in [0.29, 0.717) is 24.3 Å². The molecule has 4 amide bonds. The maximum absolute atomic E-state index is 13.1. The summed E-state index contributed by atoms with van der Waals surface area (Å²) in [5.41, 5.74) is 0.505. The lowest BCUT2D eigenvalue weighted by Crippen LogP contribution is -2.45. The molecule has 1 aliphatic rings. The van der Waals surface area contributed by atoms with E-state index in [0.717, 1.165) is 10.5 Å². The van der Waals surface area contributed by atoms with Crippen molar-refractivity contribution < 1.29 is 19.1 Å². The van der Waals surface area contributed by atoms with E-state index in [2.05, 4.69) is 5.32 Å². The molecule has 1 N–H and O–H groups in total. The molecule has 1 aliphatic heterocycles. The van der Waals surface area contributed by atoms with Crippen LogP contribution in [0.5, 0.6) is 5.75 Å². The Kier molecular flexibility index (Phi) is 5.69. The van der Waals surface area contributed by atoms with Gasteiger partial charge in [-0.3, -0.25) is 14.5 Å². The van der Waals surface area contributed by atoms with Crippen molar-refractivity contribution in [2.75, 3.05) is 20.7 Å². The van der Waals surface area contributed by atoms with Crippen molar-refractivity contribution in [3.8, 4) is 5.75 Å². The fourth-order valence-electron chi connectivity index (χ4n) is 3.29. The van der Waals surface area contributed by atoms with Crippen LogP contribution in [0.3, 0.4) is 0 Å². The Bertz CT molecular complexity index is 866. The second kappa shape index (κ2) is 8.02. The molecule has 28 heavy (non-hydrogen) atoms. The van der Waals surface area contributed by atoms with Gasteiger partial charge in [-0.1, -0.05) is 19.1 Å². The third-order valence-electron chi connectivity index (χ3n) is 5.01. The molecule has 1 aromatic carbocycles. The number of benzene rings is 1. The highest BCUT2D eigenvalue weighted by molar-refractivity contribution is 7.07. The summed E-state index contributed by atoms with van der Waals surface area (Å²) in [7, 11) is 3.22. The highest BCUT2D eigenvalue weighted by Gasteiger charge is 2.51. The van der Waals surface area contributed by atoms with Crippen molar-refractivity contribution in [2.45, 2.75) is 25.4 Å². The number of amides is 4. The fourth-order valence-corrected chi connectivity index (χ4v) is 3.95. The average molecular weight is 401 g/mol. The van der Waals surface area contributed by atoms with E-state index in [1.165, 1.54) is 4.90 Å². The van der Waals surface area contributed by atoms with Gasteiger partial charge in [0.2, 0.25) is 5.91 Å². The molecule has 8 heteroatoms. The van der Waals surface area contributed by atoms with Gasteiger partial charge < -0.3 is 15.0 Å². The third-order valence-corrected chi connectivity index (χ3v) is 5.74. The molecule has 1 atom stereocenters. The van der Waals surface area contributed by atoms with Gasteiger partial charge in [0.1, 0.15) is 17.8 Å². The van der Waals surface area contributed by atoms with Crippen molar-refractivity contribution in [2.24, 2.45) is 0 Å². The molecule has 0 bridgehead atoms. The Labute approximate surface area is 167 Å². The predicted octanol–water partition coefficient (Wildman–Crippen LogP) is 2.57. The summed E-state index contributed by atoms with van der Waals surface area (Å²) in [6, 6.07) is 8.39. The molecule has 1 saturated heterocycles. The Balaban J connectivity index is 1.76. The van der Waals surface area contributed by atoms with Crippen LogP contribution in [0.2, 0.25) is 0 Å². The fraction of sp³-hybridized carbons (Fsp3) is 0.350. The Morgan fingerprint density at radius 3 is 2.54 bits per heavy atom. The number of nitrogens with zero attached hydrogens (tertiary/aromatic N) is 2. The minimum atomic E-state index is -1.17. The molecule has 0 unspecified atom stereocenters. The van der Waals surface area contributed by atoms with Crippen LogP contribution in [0.4, 0.5) is 4.79 Å². The minimum Gasteiger partial charge on any atom is -0.497 e. The number of urea groups is 1. The summed E-state index contributed by atoms with van der Waals surface area (Å²) in [5.74, 6) is -0.0485. The first-order valence-corrected chi connectivity index (χ1v) is 9.89. The van der Waals surface area contributed by atoms with Crippen molar-refractivity contribution in [3.63, 3.8) is 0 Å². The molecule has 7 nitrogen and oxygen atoms in total. The van der Waals surface area contributed by atoms with E-state index < -0.39 is 17.5 Å². The van der Waals surface area contributed by atoms with Crippen LogP contribution in [-0.4, -0.2) is 48.3 Å². The summed E-state index contributed by atoms with van der Waals surface area (Å²) in [5, 5.41) is 6.69. The zero-order chi connectivity index (χ0) is 20.3. The Morgan fingerprint density at radius 1 is 1.25 bits per heavy atom. The van der Waals surface area contributed by atoms with Gasteiger partial charge in [-0.25, -0.2) is 4.79 Å². The van der Waals surface area contributed by atoms with E-state index in [9.17, 15) is 14.4 Å². The topological polar surface area (TPSA) is 79.0 Å². The number of ether oxygens (including phenoxy) is 1. The number of carbonyl (C=O) groups is 3. The normalized spacial score (nSPS) is 18.9. The van der Waals surface area contributed by atoms with Crippen LogP contribution >= 0.6 is 11.3 Å². The first-order chi connectivity index (χ1) is 13.4. The van der Waals surface area contributed by atoms with E-state index in [1.807, 2.05) is 23.8 Å². The molecule has 0 aliphatic carbocycles. The van der Waals surface area contributed by atoms with Crippen LogP contribution in [0, 0.1) is 0 Å².